The van der Waals surface area contributed by atoms with Gasteiger partial charge in [0, 0.05) is 35.8 Å². The van der Waals surface area contributed by atoms with Crippen LogP contribution in [0.3, 0.4) is 0 Å². The zero-order valence-electron chi connectivity index (χ0n) is 12.4. The van der Waals surface area contributed by atoms with E-state index < -0.39 is 0 Å². The summed E-state index contributed by atoms with van der Waals surface area (Å²) in [5.41, 5.74) is 2.94. The largest absolute Gasteiger partial charge is 0.324 e. The highest BCUT2D eigenvalue weighted by Crippen LogP contribution is 2.32. The van der Waals surface area contributed by atoms with Crippen LogP contribution in [0, 0.1) is 0 Å². The normalized spacial score (nSPS) is 16.9. The Bertz CT molecular complexity index is 662. The SMILES string of the molecule is CCCc1nccn1-c1ccc2c(c1)NC(=O)C2NCC. The number of aromatic nitrogens is 2. The van der Waals surface area contributed by atoms with Gasteiger partial charge >= 0.3 is 0 Å². The summed E-state index contributed by atoms with van der Waals surface area (Å²) >= 11 is 0. The molecule has 2 N–H and O–H groups in total. The van der Waals surface area contributed by atoms with Crippen LogP contribution in [0.15, 0.2) is 30.6 Å². The molecule has 0 spiro atoms. The van der Waals surface area contributed by atoms with E-state index in [0.717, 1.165) is 42.1 Å². The second-order valence-corrected chi connectivity index (χ2v) is 5.21. The fourth-order valence-electron chi connectivity index (χ4n) is 2.78. The molecule has 0 fully saturated rings. The van der Waals surface area contributed by atoms with Crippen LogP contribution in [0.4, 0.5) is 5.69 Å². The van der Waals surface area contributed by atoms with E-state index in [1.807, 2.05) is 37.5 Å². The molecule has 0 aliphatic carbocycles. The Hall–Kier alpha value is -2.14. The van der Waals surface area contributed by atoms with Crippen LogP contribution in [0.1, 0.15) is 37.7 Å². The van der Waals surface area contributed by atoms with Gasteiger partial charge in [0.2, 0.25) is 5.91 Å². The number of amides is 1. The van der Waals surface area contributed by atoms with Gasteiger partial charge in [-0.05, 0) is 25.1 Å². The second-order valence-electron chi connectivity index (χ2n) is 5.21. The zero-order valence-corrected chi connectivity index (χ0v) is 12.4. The van der Waals surface area contributed by atoms with Crippen LogP contribution in [0.25, 0.3) is 5.69 Å². The molecule has 2 heterocycles. The molecule has 0 radical (unpaired) electrons. The number of likely N-dealkylation sites (N-methyl/N-ethyl adjacent to an activating group) is 1. The molecule has 1 aliphatic heterocycles. The van der Waals surface area contributed by atoms with Gasteiger partial charge in [0.1, 0.15) is 11.9 Å². The number of carbonyl (C=O) groups excluding carboxylic acids is 1. The third-order valence-corrected chi connectivity index (χ3v) is 3.75. The van der Waals surface area contributed by atoms with E-state index in [4.69, 9.17) is 0 Å². The van der Waals surface area contributed by atoms with E-state index in [-0.39, 0.29) is 11.9 Å². The van der Waals surface area contributed by atoms with Crippen molar-refractivity contribution in [2.45, 2.75) is 32.7 Å². The third kappa shape index (κ3) is 2.45. The van der Waals surface area contributed by atoms with Crippen LogP contribution in [0.2, 0.25) is 0 Å². The number of anilines is 1. The monoisotopic (exact) mass is 284 g/mol. The first kappa shape index (κ1) is 13.8. The summed E-state index contributed by atoms with van der Waals surface area (Å²) in [6.45, 7) is 4.91. The smallest absolute Gasteiger partial charge is 0.246 e. The number of rotatable bonds is 5. The van der Waals surface area contributed by atoms with Crippen LogP contribution in [-0.4, -0.2) is 22.0 Å². The highest BCUT2D eigenvalue weighted by Gasteiger charge is 2.29. The van der Waals surface area contributed by atoms with Crippen molar-refractivity contribution in [1.82, 2.24) is 14.9 Å². The second kappa shape index (κ2) is 5.69. The van der Waals surface area contributed by atoms with E-state index in [0.29, 0.717) is 0 Å². The first-order valence-corrected chi connectivity index (χ1v) is 7.45. The van der Waals surface area contributed by atoms with Crippen molar-refractivity contribution in [2.75, 3.05) is 11.9 Å². The molecule has 21 heavy (non-hydrogen) atoms. The molecule has 1 aliphatic rings. The fraction of sp³-hybridized carbons (Fsp3) is 0.375. The Morgan fingerprint density at radius 2 is 2.24 bits per heavy atom. The number of fused-ring (bicyclic) bond motifs is 1. The maximum absolute atomic E-state index is 12.0. The highest BCUT2D eigenvalue weighted by atomic mass is 16.2. The first-order chi connectivity index (χ1) is 10.2. The average Bonchev–Trinajstić information content (AvgIpc) is 3.04. The fourth-order valence-corrected chi connectivity index (χ4v) is 2.78. The van der Waals surface area contributed by atoms with E-state index in [9.17, 15) is 4.79 Å². The first-order valence-electron chi connectivity index (χ1n) is 7.45. The number of hydrogen-bond donors (Lipinski definition) is 2. The molecule has 0 saturated heterocycles. The molecular weight excluding hydrogens is 264 g/mol. The predicted octanol–water partition coefficient (Wildman–Crippen LogP) is 2.43. The van der Waals surface area contributed by atoms with E-state index >= 15 is 0 Å². The molecular formula is C16H20N4O. The Labute approximate surface area is 124 Å². The van der Waals surface area contributed by atoms with Crippen molar-refractivity contribution >= 4 is 11.6 Å². The van der Waals surface area contributed by atoms with Crippen molar-refractivity contribution in [3.05, 3.63) is 42.0 Å². The molecule has 2 aromatic rings. The molecule has 3 rings (SSSR count). The van der Waals surface area contributed by atoms with Gasteiger partial charge in [0.25, 0.3) is 0 Å². The summed E-state index contributed by atoms with van der Waals surface area (Å²) in [4.78, 5) is 16.4. The summed E-state index contributed by atoms with van der Waals surface area (Å²) in [7, 11) is 0. The molecule has 1 aromatic heterocycles. The van der Waals surface area contributed by atoms with Crippen molar-refractivity contribution in [3.63, 3.8) is 0 Å². The minimum Gasteiger partial charge on any atom is -0.324 e. The molecule has 1 atom stereocenters. The van der Waals surface area contributed by atoms with Crippen LogP contribution >= 0.6 is 0 Å². The lowest BCUT2D eigenvalue weighted by Gasteiger charge is -2.11. The lowest BCUT2D eigenvalue weighted by molar-refractivity contribution is -0.117. The summed E-state index contributed by atoms with van der Waals surface area (Å²) in [6.07, 6.45) is 5.78. The minimum absolute atomic E-state index is 0.0170. The Morgan fingerprint density at radius 1 is 1.38 bits per heavy atom. The van der Waals surface area contributed by atoms with E-state index in [2.05, 4.69) is 27.1 Å². The quantitative estimate of drug-likeness (QED) is 0.886. The number of benzene rings is 1. The minimum atomic E-state index is -0.239. The number of carbonyl (C=O) groups is 1. The van der Waals surface area contributed by atoms with Gasteiger partial charge in [-0.3, -0.25) is 4.79 Å². The highest BCUT2D eigenvalue weighted by molar-refractivity contribution is 6.02. The summed E-state index contributed by atoms with van der Waals surface area (Å²) in [5, 5.41) is 6.16. The summed E-state index contributed by atoms with van der Waals surface area (Å²) in [6, 6.07) is 5.85. The van der Waals surface area contributed by atoms with Gasteiger partial charge in [-0.1, -0.05) is 19.9 Å². The van der Waals surface area contributed by atoms with Crippen molar-refractivity contribution in [3.8, 4) is 5.69 Å². The summed E-state index contributed by atoms with van der Waals surface area (Å²) < 4.78 is 2.08. The Balaban J connectivity index is 1.96. The molecule has 5 nitrogen and oxygen atoms in total. The van der Waals surface area contributed by atoms with Gasteiger partial charge in [-0.25, -0.2) is 4.98 Å². The van der Waals surface area contributed by atoms with Gasteiger partial charge in [-0.2, -0.15) is 0 Å². The molecule has 1 aromatic carbocycles. The molecule has 0 bridgehead atoms. The van der Waals surface area contributed by atoms with Crippen molar-refractivity contribution < 1.29 is 4.79 Å². The lowest BCUT2D eigenvalue weighted by Crippen LogP contribution is -2.27. The number of hydrogen-bond acceptors (Lipinski definition) is 3. The molecule has 5 heteroatoms. The van der Waals surface area contributed by atoms with Gasteiger partial charge in [-0.15, -0.1) is 0 Å². The van der Waals surface area contributed by atoms with Crippen molar-refractivity contribution in [2.24, 2.45) is 0 Å². The van der Waals surface area contributed by atoms with E-state index in [1.54, 1.807) is 0 Å². The maximum Gasteiger partial charge on any atom is 0.246 e. The van der Waals surface area contributed by atoms with Crippen LogP contribution < -0.4 is 10.6 Å². The molecule has 110 valence electrons. The number of aryl methyl sites for hydroxylation is 1. The summed E-state index contributed by atoms with van der Waals surface area (Å²) in [5.74, 6) is 1.06. The number of imidazole rings is 1. The molecule has 1 amide bonds. The van der Waals surface area contributed by atoms with Gasteiger partial charge < -0.3 is 15.2 Å². The van der Waals surface area contributed by atoms with Gasteiger partial charge in [0.05, 0.1) is 0 Å². The van der Waals surface area contributed by atoms with Crippen molar-refractivity contribution in [1.29, 1.82) is 0 Å². The Kier molecular flexibility index (Phi) is 3.75. The standard InChI is InChI=1S/C16H20N4O/c1-3-5-14-18-8-9-20(14)11-6-7-12-13(10-11)19-16(21)15(12)17-4-2/h6-10,15,17H,3-5H2,1-2H3,(H,19,21). The number of nitrogens with one attached hydrogen (secondary N) is 2. The van der Waals surface area contributed by atoms with E-state index in [1.165, 1.54) is 0 Å². The van der Waals surface area contributed by atoms with Crippen LogP contribution in [-0.2, 0) is 11.2 Å². The molecule has 0 saturated carbocycles. The molecule has 1 unspecified atom stereocenters. The van der Waals surface area contributed by atoms with Gasteiger partial charge in [0.15, 0.2) is 0 Å². The topological polar surface area (TPSA) is 59.0 Å². The predicted molar refractivity (Wildman–Crippen MR) is 82.6 cm³/mol. The average molecular weight is 284 g/mol. The lowest BCUT2D eigenvalue weighted by atomic mass is 10.1. The third-order valence-electron chi connectivity index (χ3n) is 3.75. The number of nitrogens with zero attached hydrogens (tertiary/aromatic N) is 2. The zero-order chi connectivity index (χ0) is 14.8. The Morgan fingerprint density at radius 3 is 3.00 bits per heavy atom. The van der Waals surface area contributed by atoms with Crippen LogP contribution in [0.5, 0.6) is 0 Å². The maximum atomic E-state index is 12.0.